The minimum Gasteiger partial charge on any atom is -0.481 e. The van der Waals surface area contributed by atoms with E-state index < -0.39 is 5.97 Å². The van der Waals surface area contributed by atoms with Crippen molar-refractivity contribution in [2.45, 2.75) is 19.4 Å². The van der Waals surface area contributed by atoms with Crippen molar-refractivity contribution in [3.63, 3.8) is 0 Å². The number of aliphatic carboxylic acids is 1. The molecule has 0 saturated carbocycles. The maximum atomic E-state index is 10.7. The predicted molar refractivity (Wildman–Crippen MR) is 70.1 cm³/mol. The summed E-state index contributed by atoms with van der Waals surface area (Å²) in [6, 6.07) is 7.78. The lowest BCUT2D eigenvalue weighted by Gasteiger charge is -2.35. The molecule has 5 heteroatoms. The Kier molecular flexibility index (Phi) is 4.03. The predicted octanol–water partition coefficient (Wildman–Crippen LogP) is 1.55. The number of benzene rings is 1. The second-order valence-corrected chi connectivity index (χ2v) is 4.62. The highest BCUT2D eigenvalue weighted by atomic mass is 16.5. The van der Waals surface area contributed by atoms with Crippen molar-refractivity contribution in [3.8, 4) is 6.07 Å². The van der Waals surface area contributed by atoms with E-state index in [0.29, 0.717) is 25.3 Å². The summed E-state index contributed by atoms with van der Waals surface area (Å²) >= 11 is 0. The van der Waals surface area contributed by atoms with Crippen LogP contribution >= 0.6 is 0 Å². The highest BCUT2D eigenvalue weighted by molar-refractivity contribution is 5.68. The fourth-order valence-electron chi connectivity index (χ4n) is 2.41. The molecule has 1 aromatic rings. The zero-order valence-electron chi connectivity index (χ0n) is 10.8. The molecule has 0 radical (unpaired) electrons. The Bertz CT molecular complexity index is 522. The van der Waals surface area contributed by atoms with Gasteiger partial charge in [0.25, 0.3) is 0 Å². The SMILES string of the molecule is Cc1cccc(C#N)c1N1CCOC(CC(=O)O)C1. The van der Waals surface area contributed by atoms with Crippen LogP contribution in [0, 0.1) is 18.3 Å². The van der Waals surface area contributed by atoms with Crippen LogP contribution in [-0.2, 0) is 9.53 Å². The van der Waals surface area contributed by atoms with Crippen molar-refractivity contribution in [3.05, 3.63) is 29.3 Å². The van der Waals surface area contributed by atoms with Gasteiger partial charge in [0.05, 0.1) is 30.4 Å². The van der Waals surface area contributed by atoms with Crippen molar-refractivity contribution in [1.29, 1.82) is 5.26 Å². The zero-order valence-corrected chi connectivity index (χ0v) is 10.8. The molecule has 0 aromatic heterocycles. The molecule has 2 rings (SSSR count). The summed E-state index contributed by atoms with van der Waals surface area (Å²) in [5.74, 6) is -0.864. The van der Waals surface area contributed by atoms with E-state index in [2.05, 4.69) is 6.07 Å². The third-order valence-electron chi connectivity index (χ3n) is 3.22. The third kappa shape index (κ3) is 3.04. The summed E-state index contributed by atoms with van der Waals surface area (Å²) in [5.41, 5.74) is 2.54. The molecule has 100 valence electrons. The maximum Gasteiger partial charge on any atom is 0.306 e. The molecule has 5 nitrogen and oxygen atoms in total. The van der Waals surface area contributed by atoms with E-state index in [9.17, 15) is 10.1 Å². The van der Waals surface area contributed by atoms with E-state index >= 15 is 0 Å². The smallest absolute Gasteiger partial charge is 0.306 e. The molecular weight excluding hydrogens is 244 g/mol. The number of nitrogens with zero attached hydrogens (tertiary/aromatic N) is 2. The van der Waals surface area contributed by atoms with Crippen LogP contribution in [0.4, 0.5) is 5.69 Å². The molecule has 0 aliphatic carbocycles. The van der Waals surface area contributed by atoms with Gasteiger partial charge in [-0.1, -0.05) is 12.1 Å². The van der Waals surface area contributed by atoms with E-state index in [1.165, 1.54) is 0 Å². The molecule has 0 spiro atoms. The molecule has 1 fully saturated rings. The normalized spacial score (nSPS) is 18.9. The molecule has 1 saturated heterocycles. The molecule has 1 atom stereocenters. The van der Waals surface area contributed by atoms with Crippen molar-refractivity contribution < 1.29 is 14.6 Å². The van der Waals surface area contributed by atoms with Crippen LogP contribution in [0.15, 0.2) is 18.2 Å². The van der Waals surface area contributed by atoms with Crippen molar-refractivity contribution >= 4 is 11.7 Å². The second-order valence-electron chi connectivity index (χ2n) is 4.62. The fourth-order valence-corrected chi connectivity index (χ4v) is 2.41. The van der Waals surface area contributed by atoms with Gasteiger partial charge in [0.15, 0.2) is 0 Å². The van der Waals surface area contributed by atoms with E-state index in [0.717, 1.165) is 11.3 Å². The van der Waals surface area contributed by atoms with Crippen LogP contribution in [0.25, 0.3) is 0 Å². The van der Waals surface area contributed by atoms with Crippen LogP contribution in [0.3, 0.4) is 0 Å². The Morgan fingerprint density at radius 3 is 3.11 bits per heavy atom. The van der Waals surface area contributed by atoms with E-state index in [-0.39, 0.29) is 12.5 Å². The number of hydrogen-bond acceptors (Lipinski definition) is 4. The summed E-state index contributed by atoms with van der Waals surface area (Å²) < 4.78 is 5.45. The molecule has 0 amide bonds. The Balaban J connectivity index is 2.22. The summed E-state index contributed by atoms with van der Waals surface area (Å²) in [4.78, 5) is 12.8. The lowest BCUT2D eigenvalue weighted by Crippen LogP contribution is -2.44. The quantitative estimate of drug-likeness (QED) is 0.892. The number of rotatable bonds is 3. The average molecular weight is 260 g/mol. The third-order valence-corrected chi connectivity index (χ3v) is 3.22. The number of para-hydroxylation sites is 1. The largest absolute Gasteiger partial charge is 0.481 e. The van der Waals surface area contributed by atoms with Crippen LogP contribution in [0.1, 0.15) is 17.5 Å². The van der Waals surface area contributed by atoms with Gasteiger partial charge in [0.1, 0.15) is 6.07 Å². The summed E-state index contributed by atoms with van der Waals surface area (Å²) in [6.45, 7) is 3.62. The van der Waals surface area contributed by atoms with Gasteiger partial charge in [-0.3, -0.25) is 4.79 Å². The van der Waals surface area contributed by atoms with Gasteiger partial charge in [-0.15, -0.1) is 0 Å². The van der Waals surface area contributed by atoms with E-state index in [1.807, 2.05) is 24.0 Å². The van der Waals surface area contributed by atoms with Crippen LogP contribution < -0.4 is 4.90 Å². The van der Waals surface area contributed by atoms with Gasteiger partial charge in [-0.25, -0.2) is 0 Å². The number of carboxylic acid groups (broad SMARTS) is 1. The monoisotopic (exact) mass is 260 g/mol. The minimum atomic E-state index is -0.864. The fraction of sp³-hybridized carbons (Fsp3) is 0.429. The molecule has 19 heavy (non-hydrogen) atoms. The molecule has 0 bridgehead atoms. The lowest BCUT2D eigenvalue weighted by molar-refractivity contribution is -0.140. The number of ether oxygens (including phenoxy) is 1. The maximum absolute atomic E-state index is 10.7. The zero-order chi connectivity index (χ0) is 13.8. The second kappa shape index (κ2) is 5.72. The van der Waals surface area contributed by atoms with Crippen LogP contribution in [0.2, 0.25) is 0 Å². The molecule has 1 aromatic carbocycles. The number of morpholine rings is 1. The first-order valence-electron chi connectivity index (χ1n) is 6.20. The van der Waals surface area contributed by atoms with Gasteiger partial charge in [-0.05, 0) is 18.6 Å². The Hall–Kier alpha value is -2.06. The Labute approximate surface area is 112 Å². The van der Waals surface area contributed by atoms with Gasteiger partial charge in [-0.2, -0.15) is 5.26 Å². The number of nitriles is 1. The van der Waals surface area contributed by atoms with Gasteiger partial charge in [0, 0.05) is 13.1 Å². The molecule has 1 N–H and O–H groups in total. The number of aryl methyl sites for hydroxylation is 1. The number of anilines is 1. The van der Waals surface area contributed by atoms with Gasteiger partial charge < -0.3 is 14.7 Å². The molecular formula is C14H16N2O3. The first kappa shape index (κ1) is 13.4. The first-order valence-corrected chi connectivity index (χ1v) is 6.20. The average Bonchev–Trinajstić information content (AvgIpc) is 2.37. The molecule has 1 aliphatic rings. The van der Waals surface area contributed by atoms with Gasteiger partial charge >= 0.3 is 5.97 Å². The topological polar surface area (TPSA) is 73.6 Å². The Morgan fingerprint density at radius 1 is 1.63 bits per heavy atom. The highest BCUT2D eigenvalue weighted by Gasteiger charge is 2.25. The number of hydrogen-bond donors (Lipinski definition) is 1. The highest BCUT2D eigenvalue weighted by Crippen LogP contribution is 2.26. The summed E-state index contributed by atoms with van der Waals surface area (Å²) in [5, 5.41) is 18.0. The first-order chi connectivity index (χ1) is 9.11. The van der Waals surface area contributed by atoms with Crippen molar-refractivity contribution in [2.24, 2.45) is 0 Å². The molecule has 1 heterocycles. The Morgan fingerprint density at radius 2 is 2.42 bits per heavy atom. The summed E-state index contributed by atoms with van der Waals surface area (Å²) in [6.07, 6.45) is -0.332. The number of carbonyl (C=O) groups is 1. The van der Waals surface area contributed by atoms with Crippen molar-refractivity contribution in [2.75, 3.05) is 24.6 Å². The lowest BCUT2D eigenvalue weighted by atomic mass is 10.1. The van der Waals surface area contributed by atoms with Crippen LogP contribution in [0.5, 0.6) is 0 Å². The van der Waals surface area contributed by atoms with E-state index in [4.69, 9.17) is 9.84 Å². The molecule has 1 unspecified atom stereocenters. The van der Waals surface area contributed by atoms with Crippen LogP contribution in [-0.4, -0.2) is 36.9 Å². The molecule has 1 aliphatic heterocycles. The number of carboxylic acids is 1. The van der Waals surface area contributed by atoms with Crippen molar-refractivity contribution in [1.82, 2.24) is 0 Å². The van der Waals surface area contributed by atoms with Gasteiger partial charge in [0.2, 0.25) is 0 Å². The summed E-state index contributed by atoms with van der Waals surface area (Å²) in [7, 11) is 0. The minimum absolute atomic E-state index is 0.00965. The van der Waals surface area contributed by atoms with E-state index in [1.54, 1.807) is 6.07 Å². The standard InChI is InChI=1S/C14H16N2O3/c1-10-3-2-4-11(8-15)14(10)16-5-6-19-12(9-16)7-13(17)18/h2-4,12H,5-7,9H2,1H3,(H,17,18).